The third-order valence-electron chi connectivity index (χ3n) is 4.81. The maximum atomic E-state index is 12.6. The summed E-state index contributed by atoms with van der Waals surface area (Å²) in [5.41, 5.74) is 1.59. The molecule has 7 nitrogen and oxygen atoms in total. The highest BCUT2D eigenvalue weighted by atomic mass is 32.2. The highest BCUT2D eigenvalue weighted by Crippen LogP contribution is 2.34. The molecule has 2 rings (SSSR count). The fourth-order valence-electron chi connectivity index (χ4n) is 3.16. The molecule has 1 aliphatic carbocycles. The second-order valence-electron chi connectivity index (χ2n) is 6.58. The predicted molar refractivity (Wildman–Crippen MR) is 101 cm³/mol. The van der Waals surface area contributed by atoms with Crippen molar-refractivity contribution >= 4 is 21.6 Å². The Kier molecular flexibility index (Phi) is 6.88. The number of ether oxygens (including phenoxy) is 2. The summed E-state index contributed by atoms with van der Waals surface area (Å²) < 4.78 is 36.6. The minimum absolute atomic E-state index is 0.0443. The Labute approximate surface area is 155 Å². The van der Waals surface area contributed by atoms with Crippen LogP contribution in [0.2, 0.25) is 0 Å². The third-order valence-corrected chi connectivity index (χ3v) is 6.27. The van der Waals surface area contributed by atoms with Gasteiger partial charge in [-0.25, -0.2) is 13.1 Å². The zero-order valence-electron chi connectivity index (χ0n) is 15.8. The summed E-state index contributed by atoms with van der Waals surface area (Å²) in [5.74, 6) is 1.09. The van der Waals surface area contributed by atoms with E-state index in [1.54, 1.807) is 27.2 Å². The number of hydrogen-bond acceptors (Lipinski definition) is 5. The van der Waals surface area contributed by atoms with Gasteiger partial charge >= 0.3 is 0 Å². The normalized spacial score (nSPS) is 20.5. The van der Waals surface area contributed by atoms with Gasteiger partial charge in [-0.3, -0.25) is 4.79 Å². The van der Waals surface area contributed by atoms with E-state index in [-0.39, 0.29) is 23.6 Å². The lowest BCUT2D eigenvalue weighted by molar-refractivity contribution is -0.120. The number of sulfonamides is 1. The molecule has 1 saturated carbocycles. The number of hydrogen-bond donors (Lipinski definition) is 2. The summed E-state index contributed by atoms with van der Waals surface area (Å²) in [6.45, 7) is 3.51. The Morgan fingerprint density at radius 2 is 1.69 bits per heavy atom. The molecule has 0 spiro atoms. The molecule has 0 bridgehead atoms. The Morgan fingerprint density at radius 1 is 1.12 bits per heavy atom. The van der Waals surface area contributed by atoms with E-state index in [9.17, 15) is 13.2 Å². The topological polar surface area (TPSA) is 93.7 Å². The van der Waals surface area contributed by atoms with Crippen molar-refractivity contribution in [1.82, 2.24) is 4.72 Å². The molecule has 1 aromatic rings. The number of nitrogens with one attached hydrogen (secondary N) is 2. The van der Waals surface area contributed by atoms with Gasteiger partial charge in [0.05, 0.1) is 20.0 Å². The second kappa shape index (κ2) is 8.73. The zero-order valence-corrected chi connectivity index (χ0v) is 16.6. The summed E-state index contributed by atoms with van der Waals surface area (Å²) >= 11 is 0. The van der Waals surface area contributed by atoms with E-state index in [0.29, 0.717) is 42.9 Å². The molecule has 2 N–H and O–H groups in total. The molecule has 0 radical (unpaired) electrons. The van der Waals surface area contributed by atoms with Crippen LogP contribution in [0.1, 0.15) is 38.2 Å². The SMILES string of the molecule is CCS(=O)(=O)N[C@H]1CC[C@H](C(=O)Nc2cc(OC)c(OC)cc2C)CC1. The summed E-state index contributed by atoms with van der Waals surface area (Å²) in [6, 6.07) is 3.50. The Bertz CT molecular complexity index is 740. The van der Waals surface area contributed by atoms with Gasteiger partial charge in [-0.1, -0.05) is 0 Å². The van der Waals surface area contributed by atoms with Crippen molar-refractivity contribution in [2.24, 2.45) is 5.92 Å². The van der Waals surface area contributed by atoms with Gasteiger partial charge in [0.1, 0.15) is 0 Å². The van der Waals surface area contributed by atoms with Crippen LogP contribution < -0.4 is 19.5 Å². The molecule has 0 aliphatic heterocycles. The first-order valence-corrected chi connectivity index (χ1v) is 10.5. The maximum Gasteiger partial charge on any atom is 0.227 e. The minimum Gasteiger partial charge on any atom is -0.493 e. The minimum atomic E-state index is -3.20. The standard InChI is InChI=1S/C18H28N2O5S/c1-5-26(22,23)20-14-8-6-13(7-9-14)18(21)19-15-11-17(25-4)16(24-3)10-12(15)2/h10-11,13-14,20H,5-9H2,1-4H3,(H,19,21)/t13-,14-. The Hall–Kier alpha value is -1.80. The van der Waals surface area contributed by atoms with Crippen LogP contribution in [0.3, 0.4) is 0 Å². The lowest BCUT2D eigenvalue weighted by Crippen LogP contribution is -2.40. The molecule has 1 fully saturated rings. The predicted octanol–water partition coefficient (Wildman–Crippen LogP) is 2.45. The first-order valence-electron chi connectivity index (χ1n) is 8.83. The second-order valence-corrected chi connectivity index (χ2v) is 8.62. The van der Waals surface area contributed by atoms with Gasteiger partial charge in [0.2, 0.25) is 15.9 Å². The molecule has 26 heavy (non-hydrogen) atoms. The van der Waals surface area contributed by atoms with Gasteiger partial charge in [0.15, 0.2) is 11.5 Å². The summed E-state index contributed by atoms with van der Waals surface area (Å²) in [4.78, 5) is 12.6. The van der Waals surface area contributed by atoms with Crippen LogP contribution >= 0.6 is 0 Å². The van der Waals surface area contributed by atoms with E-state index in [2.05, 4.69) is 10.0 Å². The van der Waals surface area contributed by atoms with E-state index in [4.69, 9.17) is 9.47 Å². The average Bonchev–Trinajstić information content (AvgIpc) is 2.63. The lowest BCUT2D eigenvalue weighted by Gasteiger charge is -2.28. The van der Waals surface area contributed by atoms with E-state index in [1.165, 1.54) is 0 Å². The van der Waals surface area contributed by atoms with E-state index in [1.807, 2.05) is 13.0 Å². The average molecular weight is 384 g/mol. The molecule has 0 unspecified atom stereocenters. The molecule has 1 aliphatic rings. The molecule has 0 heterocycles. The molecule has 0 atom stereocenters. The highest BCUT2D eigenvalue weighted by Gasteiger charge is 2.28. The fraction of sp³-hybridized carbons (Fsp3) is 0.611. The highest BCUT2D eigenvalue weighted by molar-refractivity contribution is 7.89. The fourth-order valence-corrected chi connectivity index (χ4v) is 4.07. The molecule has 1 aromatic carbocycles. The third kappa shape index (κ3) is 5.11. The summed E-state index contributed by atoms with van der Waals surface area (Å²) in [5, 5.41) is 2.97. The molecular formula is C18H28N2O5S. The monoisotopic (exact) mass is 384 g/mol. The van der Waals surface area contributed by atoms with Gasteiger partial charge in [-0.15, -0.1) is 0 Å². The molecule has 8 heteroatoms. The van der Waals surface area contributed by atoms with Crippen molar-refractivity contribution in [3.8, 4) is 11.5 Å². The van der Waals surface area contributed by atoms with Crippen LogP contribution in [0.4, 0.5) is 5.69 Å². The van der Waals surface area contributed by atoms with Gasteiger partial charge < -0.3 is 14.8 Å². The van der Waals surface area contributed by atoms with Crippen LogP contribution in [-0.2, 0) is 14.8 Å². The van der Waals surface area contributed by atoms with E-state index < -0.39 is 10.0 Å². The number of carbonyl (C=O) groups excluding carboxylic acids is 1. The van der Waals surface area contributed by atoms with Gasteiger partial charge in [-0.05, 0) is 51.2 Å². The number of aryl methyl sites for hydroxylation is 1. The first kappa shape index (κ1) is 20.5. The number of amides is 1. The Morgan fingerprint density at radius 3 is 2.23 bits per heavy atom. The van der Waals surface area contributed by atoms with E-state index in [0.717, 1.165) is 5.56 Å². The van der Waals surface area contributed by atoms with Crippen LogP contribution in [0.15, 0.2) is 12.1 Å². The van der Waals surface area contributed by atoms with Crippen molar-refractivity contribution in [1.29, 1.82) is 0 Å². The van der Waals surface area contributed by atoms with Crippen molar-refractivity contribution in [3.63, 3.8) is 0 Å². The Balaban J connectivity index is 1.97. The number of anilines is 1. The summed E-state index contributed by atoms with van der Waals surface area (Å²) in [6.07, 6.45) is 2.66. The van der Waals surface area contributed by atoms with Crippen LogP contribution in [0.25, 0.3) is 0 Å². The van der Waals surface area contributed by atoms with E-state index >= 15 is 0 Å². The molecule has 0 saturated heterocycles. The van der Waals surface area contributed by atoms with Gasteiger partial charge in [-0.2, -0.15) is 0 Å². The van der Waals surface area contributed by atoms with Crippen LogP contribution in [0, 0.1) is 12.8 Å². The van der Waals surface area contributed by atoms with Crippen molar-refractivity contribution in [3.05, 3.63) is 17.7 Å². The smallest absolute Gasteiger partial charge is 0.227 e. The molecule has 1 amide bonds. The van der Waals surface area contributed by atoms with Crippen LogP contribution in [-0.4, -0.2) is 40.3 Å². The zero-order chi connectivity index (χ0) is 19.3. The number of methoxy groups -OCH3 is 2. The van der Waals surface area contributed by atoms with Gasteiger partial charge in [0, 0.05) is 23.7 Å². The quantitative estimate of drug-likeness (QED) is 0.753. The maximum absolute atomic E-state index is 12.6. The van der Waals surface area contributed by atoms with Gasteiger partial charge in [0.25, 0.3) is 0 Å². The van der Waals surface area contributed by atoms with Crippen molar-refractivity contribution < 1.29 is 22.7 Å². The number of carbonyl (C=O) groups is 1. The van der Waals surface area contributed by atoms with Crippen molar-refractivity contribution in [2.75, 3.05) is 25.3 Å². The molecule has 0 aromatic heterocycles. The molecular weight excluding hydrogens is 356 g/mol. The summed E-state index contributed by atoms with van der Waals surface area (Å²) in [7, 11) is -0.0785. The largest absolute Gasteiger partial charge is 0.493 e. The first-order chi connectivity index (χ1) is 12.3. The molecule has 146 valence electrons. The van der Waals surface area contributed by atoms with Crippen molar-refractivity contribution in [2.45, 2.75) is 45.6 Å². The number of rotatable bonds is 7. The number of benzene rings is 1. The van der Waals surface area contributed by atoms with Crippen LogP contribution in [0.5, 0.6) is 11.5 Å². The lowest BCUT2D eigenvalue weighted by atomic mass is 9.86.